The van der Waals surface area contributed by atoms with E-state index in [9.17, 15) is 4.79 Å². The second kappa shape index (κ2) is 6.65. The number of hydrogen-bond acceptors (Lipinski definition) is 3. The molecule has 3 aromatic heterocycles. The number of benzene rings is 1. The first-order chi connectivity index (χ1) is 13.3. The number of ketones is 1. The number of carbonyl (C=O) groups excluding carboxylic acids is 1. The number of H-pyrrole nitrogens is 1. The van der Waals surface area contributed by atoms with E-state index < -0.39 is 0 Å². The summed E-state index contributed by atoms with van der Waals surface area (Å²) in [6.45, 7) is 0. The third-order valence-corrected chi connectivity index (χ3v) is 5.90. The zero-order valence-electron chi connectivity index (χ0n) is 15.1. The minimum absolute atomic E-state index is 0.271. The molecule has 0 atom stereocenters. The van der Waals surface area contributed by atoms with Gasteiger partial charge in [-0.25, -0.2) is 9.97 Å². The number of Topliss-reactive ketones (excluding diaryl/α,β-unsaturated/α-hetero) is 1. The van der Waals surface area contributed by atoms with Crippen LogP contribution in [0.1, 0.15) is 48.5 Å². The lowest BCUT2D eigenvalue weighted by Crippen LogP contribution is -2.20. The van der Waals surface area contributed by atoms with E-state index in [2.05, 4.69) is 25.6 Å². The standard InChI is InChI=1S/C22H22N4O/c27-20(16-4-2-1-3-5-16)12-15-6-8-17(9-7-15)26-14-25-19-13-24-22-18(21(19)26)10-11-23-22/h1-5,10-11,13-15,17H,6-9,12H2,(H,23,24). The summed E-state index contributed by atoms with van der Waals surface area (Å²) in [7, 11) is 0. The number of hydrogen-bond donors (Lipinski definition) is 1. The maximum Gasteiger partial charge on any atom is 0.163 e. The molecule has 27 heavy (non-hydrogen) atoms. The predicted octanol–water partition coefficient (Wildman–Crippen LogP) is 4.92. The molecule has 1 aliphatic rings. The van der Waals surface area contributed by atoms with Crippen LogP contribution < -0.4 is 0 Å². The zero-order chi connectivity index (χ0) is 18.2. The van der Waals surface area contributed by atoms with Crippen molar-refractivity contribution >= 4 is 27.9 Å². The molecule has 1 N–H and O–H groups in total. The van der Waals surface area contributed by atoms with Crippen molar-refractivity contribution < 1.29 is 4.79 Å². The summed E-state index contributed by atoms with van der Waals surface area (Å²) in [4.78, 5) is 24.7. The first-order valence-corrected chi connectivity index (χ1v) is 9.66. The molecule has 3 heterocycles. The summed E-state index contributed by atoms with van der Waals surface area (Å²) in [5.74, 6) is 0.755. The van der Waals surface area contributed by atoms with Gasteiger partial charge in [0.2, 0.25) is 0 Å². The fourth-order valence-electron chi connectivity index (χ4n) is 4.44. The first kappa shape index (κ1) is 16.2. The van der Waals surface area contributed by atoms with Crippen LogP contribution in [0.4, 0.5) is 0 Å². The van der Waals surface area contributed by atoms with E-state index in [-0.39, 0.29) is 5.78 Å². The number of imidazole rings is 1. The molecule has 0 radical (unpaired) electrons. The van der Waals surface area contributed by atoms with E-state index in [1.165, 1.54) is 5.52 Å². The van der Waals surface area contributed by atoms with Gasteiger partial charge in [0.05, 0.1) is 18.0 Å². The second-order valence-electron chi connectivity index (χ2n) is 7.55. The lowest BCUT2D eigenvalue weighted by molar-refractivity contribution is 0.0944. The highest BCUT2D eigenvalue weighted by atomic mass is 16.1. The monoisotopic (exact) mass is 358 g/mol. The maximum absolute atomic E-state index is 12.5. The van der Waals surface area contributed by atoms with Crippen LogP contribution in [-0.4, -0.2) is 25.3 Å². The number of aromatic amines is 1. The fraction of sp³-hybridized carbons (Fsp3) is 0.318. The Morgan fingerprint density at radius 1 is 1.07 bits per heavy atom. The van der Waals surface area contributed by atoms with Crippen LogP contribution in [0.25, 0.3) is 22.1 Å². The molecular formula is C22H22N4O. The summed E-state index contributed by atoms with van der Waals surface area (Å²) in [5.41, 5.74) is 3.86. The van der Waals surface area contributed by atoms with Crippen molar-refractivity contribution in [2.75, 3.05) is 0 Å². The highest BCUT2D eigenvalue weighted by Gasteiger charge is 2.26. The lowest BCUT2D eigenvalue weighted by Gasteiger charge is -2.29. The third-order valence-electron chi connectivity index (χ3n) is 5.90. The molecule has 5 rings (SSSR count). The Kier molecular flexibility index (Phi) is 4.00. The topological polar surface area (TPSA) is 63.6 Å². The Morgan fingerprint density at radius 3 is 2.70 bits per heavy atom. The molecule has 5 heteroatoms. The van der Waals surface area contributed by atoms with E-state index >= 15 is 0 Å². The number of rotatable bonds is 4. The minimum Gasteiger partial charge on any atom is -0.346 e. The molecule has 1 saturated carbocycles. The summed E-state index contributed by atoms with van der Waals surface area (Å²) >= 11 is 0. The second-order valence-corrected chi connectivity index (χ2v) is 7.55. The Morgan fingerprint density at radius 2 is 1.89 bits per heavy atom. The maximum atomic E-state index is 12.5. The molecule has 0 aliphatic heterocycles. The third kappa shape index (κ3) is 2.93. The smallest absolute Gasteiger partial charge is 0.163 e. The van der Waals surface area contributed by atoms with Crippen molar-refractivity contribution in [3.05, 3.63) is 60.7 Å². The summed E-state index contributed by atoms with van der Waals surface area (Å²) in [6.07, 6.45) is 10.7. The van der Waals surface area contributed by atoms with Crippen molar-refractivity contribution in [2.24, 2.45) is 5.92 Å². The molecule has 0 saturated heterocycles. The lowest BCUT2D eigenvalue weighted by atomic mass is 9.82. The van der Waals surface area contributed by atoms with Gasteiger partial charge in [-0.15, -0.1) is 0 Å². The predicted molar refractivity (Wildman–Crippen MR) is 106 cm³/mol. The van der Waals surface area contributed by atoms with Gasteiger partial charge >= 0.3 is 0 Å². The highest BCUT2D eigenvalue weighted by molar-refractivity contribution is 6.01. The molecule has 0 spiro atoms. The van der Waals surface area contributed by atoms with Crippen LogP contribution in [0.5, 0.6) is 0 Å². The molecular weight excluding hydrogens is 336 g/mol. The average Bonchev–Trinajstić information content (AvgIpc) is 3.35. The van der Waals surface area contributed by atoms with Gasteiger partial charge in [0.25, 0.3) is 0 Å². The average molecular weight is 358 g/mol. The number of aromatic nitrogens is 4. The van der Waals surface area contributed by atoms with Gasteiger partial charge in [-0.3, -0.25) is 4.79 Å². The van der Waals surface area contributed by atoms with Crippen molar-refractivity contribution in [3.63, 3.8) is 0 Å². The Balaban J connectivity index is 1.32. The van der Waals surface area contributed by atoms with E-state index in [4.69, 9.17) is 0 Å². The molecule has 0 unspecified atom stereocenters. The Bertz CT molecular complexity index is 1090. The van der Waals surface area contributed by atoms with Crippen molar-refractivity contribution in [3.8, 4) is 0 Å². The van der Waals surface area contributed by atoms with Gasteiger partial charge in [-0.05, 0) is 37.7 Å². The van der Waals surface area contributed by atoms with Gasteiger partial charge in [0.1, 0.15) is 11.2 Å². The van der Waals surface area contributed by atoms with Crippen molar-refractivity contribution in [1.29, 1.82) is 0 Å². The first-order valence-electron chi connectivity index (χ1n) is 9.66. The molecule has 1 aliphatic carbocycles. The molecule has 0 amide bonds. The van der Waals surface area contributed by atoms with Gasteiger partial charge in [-0.1, -0.05) is 30.3 Å². The number of pyridine rings is 1. The van der Waals surface area contributed by atoms with Crippen molar-refractivity contribution in [1.82, 2.24) is 19.5 Å². The van der Waals surface area contributed by atoms with Gasteiger partial charge < -0.3 is 9.55 Å². The summed E-state index contributed by atoms with van der Waals surface area (Å²) < 4.78 is 2.32. The normalized spacial score (nSPS) is 20.3. The zero-order valence-corrected chi connectivity index (χ0v) is 15.1. The Labute approximate surface area is 157 Å². The van der Waals surface area contributed by atoms with Crippen LogP contribution in [0.2, 0.25) is 0 Å². The van der Waals surface area contributed by atoms with Gasteiger partial charge in [0, 0.05) is 29.6 Å². The highest BCUT2D eigenvalue weighted by Crippen LogP contribution is 2.37. The van der Waals surface area contributed by atoms with Crippen molar-refractivity contribution in [2.45, 2.75) is 38.1 Å². The molecule has 1 fully saturated rings. The van der Waals surface area contributed by atoms with E-state index in [1.54, 1.807) is 0 Å². The quantitative estimate of drug-likeness (QED) is 0.527. The van der Waals surface area contributed by atoms with Crippen LogP contribution in [0.15, 0.2) is 55.1 Å². The fourth-order valence-corrected chi connectivity index (χ4v) is 4.44. The van der Waals surface area contributed by atoms with E-state index in [0.717, 1.165) is 47.8 Å². The largest absolute Gasteiger partial charge is 0.346 e. The molecule has 1 aromatic carbocycles. The SMILES string of the molecule is O=C(CC1CCC(n2cnc3cnc4[nH]ccc4c32)CC1)c1ccccc1. The van der Waals surface area contributed by atoms with Gasteiger partial charge in [0.15, 0.2) is 5.78 Å². The minimum atomic E-state index is 0.271. The van der Waals surface area contributed by atoms with Crippen LogP contribution in [-0.2, 0) is 0 Å². The summed E-state index contributed by atoms with van der Waals surface area (Å²) in [5, 5.41) is 1.13. The molecule has 0 bridgehead atoms. The number of nitrogens with zero attached hydrogens (tertiary/aromatic N) is 3. The number of nitrogens with one attached hydrogen (secondary N) is 1. The van der Waals surface area contributed by atoms with Crippen LogP contribution in [0.3, 0.4) is 0 Å². The number of carbonyl (C=O) groups is 1. The number of fused-ring (bicyclic) bond motifs is 3. The van der Waals surface area contributed by atoms with Gasteiger partial charge in [-0.2, -0.15) is 0 Å². The van der Waals surface area contributed by atoms with E-state index in [1.807, 2.05) is 49.1 Å². The molecule has 136 valence electrons. The summed E-state index contributed by atoms with van der Waals surface area (Å²) in [6, 6.07) is 12.2. The molecule has 4 aromatic rings. The van der Waals surface area contributed by atoms with E-state index in [0.29, 0.717) is 18.4 Å². The molecule has 5 nitrogen and oxygen atoms in total. The van der Waals surface area contributed by atoms with Crippen LogP contribution >= 0.6 is 0 Å². The Hall–Kier alpha value is -2.95. The van der Waals surface area contributed by atoms with Crippen LogP contribution in [0, 0.1) is 5.92 Å².